The Morgan fingerprint density at radius 3 is 2.41 bits per heavy atom. The molecular weight excluding hydrogens is 216 g/mol. The highest BCUT2D eigenvalue weighted by atomic mass is 16.3. The first-order valence-corrected chi connectivity index (χ1v) is 6.99. The van der Waals surface area contributed by atoms with Crippen molar-refractivity contribution >= 4 is 6.03 Å². The van der Waals surface area contributed by atoms with Crippen LogP contribution in [0.25, 0.3) is 0 Å². The van der Waals surface area contributed by atoms with Crippen molar-refractivity contribution in [2.75, 3.05) is 13.1 Å². The molecule has 1 saturated carbocycles. The monoisotopic (exact) mass is 240 g/mol. The summed E-state index contributed by atoms with van der Waals surface area (Å²) in [6, 6.07) is 0.375. The minimum atomic E-state index is -0.330. The number of amides is 2. The number of hydrogen-bond acceptors (Lipinski definition) is 2. The molecule has 0 radical (unpaired) electrons. The smallest absolute Gasteiger partial charge is 0.317 e. The molecule has 2 N–H and O–H groups in total. The third kappa shape index (κ3) is 3.87. The summed E-state index contributed by atoms with van der Waals surface area (Å²) in [7, 11) is 0. The van der Waals surface area contributed by atoms with E-state index in [-0.39, 0.29) is 12.1 Å². The molecule has 0 bridgehead atoms. The third-order valence-corrected chi connectivity index (χ3v) is 3.87. The number of carbonyl (C=O) groups is 1. The van der Waals surface area contributed by atoms with E-state index in [2.05, 4.69) is 5.32 Å². The van der Waals surface area contributed by atoms with E-state index in [4.69, 9.17) is 0 Å². The Labute approximate surface area is 103 Å². The van der Waals surface area contributed by atoms with Gasteiger partial charge in [-0.2, -0.15) is 0 Å². The molecule has 0 spiro atoms. The van der Waals surface area contributed by atoms with Crippen molar-refractivity contribution in [2.45, 2.75) is 63.5 Å². The lowest BCUT2D eigenvalue weighted by atomic mass is 10.1. The summed E-state index contributed by atoms with van der Waals surface area (Å²) in [5, 5.41) is 12.7. The molecule has 1 atom stereocenters. The number of carbonyl (C=O) groups excluding carboxylic acids is 1. The fourth-order valence-corrected chi connectivity index (χ4v) is 2.83. The van der Waals surface area contributed by atoms with Gasteiger partial charge in [-0.15, -0.1) is 0 Å². The summed E-state index contributed by atoms with van der Waals surface area (Å²) >= 11 is 0. The van der Waals surface area contributed by atoms with E-state index in [0.29, 0.717) is 12.6 Å². The molecule has 1 heterocycles. The van der Waals surface area contributed by atoms with Crippen molar-refractivity contribution in [1.82, 2.24) is 10.2 Å². The van der Waals surface area contributed by atoms with Crippen LogP contribution in [0.15, 0.2) is 0 Å². The number of nitrogens with zero attached hydrogens (tertiary/aromatic N) is 1. The molecule has 0 aromatic rings. The number of aliphatic hydroxyl groups is 1. The number of β-amino-alcohol motifs (C(OH)–C–C–N with tert-alkyl or cyclic N) is 1. The normalized spacial score (nSPS) is 27.6. The van der Waals surface area contributed by atoms with Crippen molar-refractivity contribution < 1.29 is 9.90 Å². The zero-order valence-corrected chi connectivity index (χ0v) is 10.5. The highest BCUT2D eigenvalue weighted by Gasteiger charge is 2.24. The predicted molar refractivity (Wildman–Crippen MR) is 66.8 cm³/mol. The molecule has 4 nitrogen and oxygen atoms in total. The fourth-order valence-electron chi connectivity index (χ4n) is 2.83. The molecule has 1 saturated heterocycles. The number of nitrogens with one attached hydrogen (secondary N) is 1. The van der Waals surface area contributed by atoms with Gasteiger partial charge < -0.3 is 15.3 Å². The van der Waals surface area contributed by atoms with Crippen LogP contribution in [0.1, 0.15) is 51.4 Å². The number of piperidine rings is 1. The van der Waals surface area contributed by atoms with Crippen molar-refractivity contribution in [3.8, 4) is 0 Å². The van der Waals surface area contributed by atoms with E-state index < -0.39 is 0 Å². The van der Waals surface area contributed by atoms with E-state index in [0.717, 1.165) is 32.2 Å². The molecule has 1 aliphatic carbocycles. The molecule has 2 fully saturated rings. The Hall–Kier alpha value is -0.770. The number of likely N-dealkylation sites (tertiary alicyclic amines) is 1. The second kappa shape index (κ2) is 6.24. The standard InChI is InChI=1S/C13H24N2O2/c16-12-8-5-9-15(10-12)13(17)14-11-6-3-1-2-4-7-11/h11-12,16H,1-10H2,(H,14,17). The third-order valence-electron chi connectivity index (χ3n) is 3.87. The Balaban J connectivity index is 1.78. The Bertz CT molecular complexity index is 250. The van der Waals surface area contributed by atoms with Crippen LogP contribution < -0.4 is 5.32 Å². The lowest BCUT2D eigenvalue weighted by molar-refractivity contribution is 0.0831. The fraction of sp³-hybridized carbons (Fsp3) is 0.923. The van der Waals surface area contributed by atoms with E-state index in [1.165, 1.54) is 25.7 Å². The molecule has 98 valence electrons. The van der Waals surface area contributed by atoms with Crippen LogP contribution in [0.2, 0.25) is 0 Å². The first-order chi connectivity index (χ1) is 8.25. The van der Waals surface area contributed by atoms with Crippen molar-refractivity contribution in [1.29, 1.82) is 0 Å². The van der Waals surface area contributed by atoms with Gasteiger partial charge in [-0.3, -0.25) is 0 Å². The topological polar surface area (TPSA) is 52.6 Å². The van der Waals surface area contributed by atoms with Crippen LogP contribution in [0, 0.1) is 0 Å². The Kier molecular flexibility index (Phi) is 4.66. The van der Waals surface area contributed by atoms with E-state index in [9.17, 15) is 9.90 Å². The van der Waals surface area contributed by atoms with Gasteiger partial charge in [0, 0.05) is 19.1 Å². The first kappa shape index (κ1) is 12.7. The van der Waals surface area contributed by atoms with E-state index >= 15 is 0 Å². The van der Waals surface area contributed by atoms with Crippen LogP contribution >= 0.6 is 0 Å². The molecule has 2 rings (SSSR count). The number of urea groups is 1. The van der Waals surface area contributed by atoms with Crippen molar-refractivity contribution in [3.05, 3.63) is 0 Å². The molecule has 2 amide bonds. The van der Waals surface area contributed by atoms with Crippen molar-refractivity contribution in [3.63, 3.8) is 0 Å². The summed E-state index contributed by atoms with van der Waals surface area (Å²) in [4.78, 5) is 13.8. The quantitative estimate of drug-likeness (QED) is 0.688. The second-order valence-corrected chi connectivity index (χ2v) is 5.38. The predicted octanol–water partition coefficient (Wildman–Crippen LogP) is 1.88. The van der Waals surface area contributed by atoms with Crippen LogP contribution in [0.5, 0.6) is 0 Å². The van der Waals surface area contributed by atoms with Crippen LogP contribution in [-0.2, 0) is 0 Å². The summed E-state index contributed by atoms with van der Waals surface area (Å²) < 4.78 is 0. The largest absolute Gasteiger partial charge is 0.391 e. The maximum Gasteiger partial charge on any atom is 0.317 e. The van der Waals surface area contributed by atoms with Crippen molar-refractivity contribution in [2.24, 2.45) is 0 Å². The maximum absolute atomic E-state index is 12.0. The lowest BCUT2D eigenvalue weighted by Crippen LogP contribution is -2.49. The van der Waals surface area contributed by atoms with Crippen LogP contribution in [-0.4, -0.2) is 41.3 Å². The average molecular weight is 240 g/mol. The van der Waals surface area contributed by atoms with Gasteiger partial charge in [0.1, 0.15) is 0 Å². The van der Waals surface area contributed by atoms with Gasteiger partial charge in [-0.05, 0) is 25.7 Å². The minimum Gasteiger partial charge on any atom is -0.391 e. The molecule has 0 aromatic heterocycles. The number of hydrogen-bond donors (Lipinski definition) is 2. The van der Waals surface area contributed by atoms with Gasteiger partial charge >= 0.3 is 6.03 Å². The van der Waals surface area contributed by atoms with Crippen LogP contribution in [0.3, 0.4) is 0 Å². The van der Waals surface area contributed by atoms with Gasteiger partial charge in [0.2, 0.25) is 0 Å². The average Bonchev–Trinajstić information content (AvgIpc) is 2.57. The molecule has 1 aliphatic heterocycles. The molecule has 0 aromatic carbocycles. The van der Waals surface area contributed by atoms with Gasteiger partial charge in [0.15, 0.2) is 0 Å². The summed E-state index contributed by atoms with van der Waals surface area (Å²) in [6.45, 7) is 1.29. The number of aliphatic hydroxyl groups excluding tert-OH is 1. The van der Waals surface area contributed by atoms with Gasteiger partial charge in [-0.1, -0.05) is 25.7 Å². The highest BCUT2D eigenvalue weighted by molar-refractivity contribution is 5.74. The maximum atomic E-state index is 12.0. The summed E-state index contributed by atoms with van der Waals surface area (Å²) in [5.74, 6) is 0. The molecule has 1 unspecified atom stereocenters. The number of rotatable bonds is 1. The van der Waals surface area contributed by atoms with Crippen LogP contribution in [0.4, 0.5) is 4.79 Å². The highest BCUT2D eigenvalue weighted by Crippen LogP contribution is 2.18. The molecule has 4 heteroatoms. The van der Waals surface area contributed by atoms with E-state index in [1.54, 1.807) is 4.90 Å². The molecule has 17 heavy (non-hydrogen) atoms. The van der Waals surface area contributed by atoms with Gasteiger partial charge in [0.05, 0.1) is 6.10 Å². The lowest BCUT2D eigenvalue weighted by Gasteiger charge is -2.31. The Morgan fingerprint density at radius 2 is 1.76 bits per heavy atom. The van der Waals surface area contributed by atoms with Gasteiger partial charge in [-0.25, -0.2) is 4.79 Å². The first-order valence-electron chi connectivity index (χ1n) is 6.99. The zero-order chi connectivity index (χ0) is 12.1. The van der Waals surface area contributed by atoms with Gasteiger partial charge in [0.25, 0.3) is 0 Å². The molecular formula is C13H24N2O2. The SMILES string of the molecule is O=C(NC1CCCCCC1)N1CCCC(O)C1. The zero-order valence-electron chi connectivity index (χ0n) is 10.5. The summed E-state index contributed by atoms with van der Waals surface area (Å²) in [5.41, 5.74) is 0. The minimum absolute atomic E-state index is 0.0238. The molecule has 2 aliphatic rings. The second-order valence-electron chi connectivity index (χ2n) is 5.38. The summed E-state index contributed by atoms with van der Waals surface area (Å²) in [6.07, 6.45) is 8.70. The van der Waals surface area contributed by atoms with E-state index in [1.807, 2.05) is 0 Å². The Morgan fingerprint density at radius 1 is 1.06 bits per heavy atom.